The topological polar surface area (TPSA) is 92.7 Å². The molecule has 1 amide bonds. The van der Waals surface area contributed by atoms with Gasteiger partial charge in [0.1, 0.15) is 5.39 Å². The van der Waals surface area contributed by atoms with E-state index in [1.165, 1.54) is 24.3 Å². The first-order valence-electron chi connectivity index (χ1n) is 6.96. The molecule has 0 saturated carbocycles. The zero-order valence-electron chi connectivity index (χ0n) is 12.6. The third-order valence-electron chi connectivity index (χ3n) is 3.48. The highest BCUT2D eigenvalue weighted by molar-refractivity contribution is 7.99. The van der Waals surface area contributed by atoms with Crippen LogP contribution in [0.25, 0.3) is 16.7 Å². The third-order valence-corrected chi connectivity index (χ3v) is 4.41. The first kappa shape index (κ1) is 15.3. The van der Waals surface area contributed by atoms with E-state index < -0.39 is 0 Å². The number of H-pyrrole nitrogens is 1. The fraction of sp³-hybridized carbons (Fsp3) is 0.200. The zero-order valence-corrected chi connectivity index (χ0v) is 13.4. The largest absolute Gasteiger partial charge is 0.323 e. The Bertz CT molecular complexity index is 917. The summed E-state index contributed by atoms with van der Waals surface area (Å²) in [6, 6.07) is 7.27. The number of fused-ring (bicyclic) bond motifs is 1. The molecule has 0 aliphatic heterocycles. The van der Waals surface area contributed by atoms with E-state index in [9.17, 15) is 9.59 Å². The predicted octanol–water partition coefficient (Wildman–Crippen LogP) is 1.80. The lowest BCUT2D eigenvalue weighted by Crippen LogP contribution is -2.23. The minimum Gasteiger partial charge on any atom is -0.323 e. The summed E-state index contributed by atoms with van der Waals surface area (Å²) in [7, 11) is 0. The van der Waals surface area contributed by atoms with Crippen LogP contribution in [0.5, 0.6) is 0 Å². The number of thioether (sulfide) groups is 1. The van der Waals surface area contributed by atoms with Gasteiger partial charge in [-0.05, 0) is 25.3 Å². The average molecular weight is 329 g/mol. The second kappa shape index (κ2) is 6.25. The first-order chi connectivity index (χ1) is 11.1. The standard InChI is InChI=1S/C15H15N5O2S/c1-9(23-2)14(21)19-11-5-3-4-6-12(11)20-13-10(7-18-20)15(22)17-8-16-13/h3-9H,1-2H3,(H,19,21)(H,16,17,22). The summed E-state index contributed by atoms with van der Waals surface area (Å²) in [5.74, 6) is -0.0905. The second-order valence-corrected chi connectivity index (χ2v) is 6.09. The summed E-state index contributed by atoms with van der Waals surface area (Å²) >= 11 is 1.47. The van der Waals surface area contributed by atoms with Crippen LogP contribution in [0, 0.1) is 0 Å². The Labute approximate surface area is 136 Å². The molecule has 0 bridgehead atoms. The molecule has 8 heteroatoms. The monoisotopic (exact) mass is 329 g/mol. The van der Waals surface area contributed by atoms with Crippen molar-refractivity contribution in [1.29, 1.82) is 0 Å². The van der Waals surface area contributed by atoms with E-state index in [4.69, 9.17) is 0 Å². The van der Waals surface area contributed by atoms with E-state index in [1.807, 2.05) is 31.4 Å². The number of para-hydroxylation sites is 2. The summed E-state index contributed by atoms with van der Waals surface area (Å²) in [6.07, 6.45) is 4.68. The Kier molecular flexibility index (Phi) is 4.16. The second-order valence-electron chi connectivity index (χ2n) is 4.91. The minimum absolute atomic E-state index is 0.0905. The van der Waals surface area contributed by atoms with Crippen molar-refractivity contribution < 1.29 is 4.79 Å². The van der Waals surface area contributed by atoms with Crippen LogP contribution in [0.15, 0.2) is 41.6 Å². The van der Waals surface area contributed by atoms with Gasteiger partial charge in [-0.25, -0.2) is 9.67 Å². The molecule has 3 rings (SSSR count). The Hall–Kier alpha value is -2.61. The first-order valence-corrected chi connectivity index (χ1v) is 8.25. The maximum atomic E-state index is 12.2. The Morgan fingerprint density at radius 1 is 1.39 bits per heavy atom. The van der Waals surface area contributed by atoms with Crippen LogP contribution in [-0.2, 0) is 4.79 Å². The lowest BCUT2D eigenvalue weighted by molar-refractivity contribution is -0.115. The van der Waals surface area contributed by atoms with Crippen LogP contribution in [0.2, 0.25) is 0 Å². The van der Waals surface area contributed by atoms with Crippen LogP contribution >= 0.6 is 11.8 Å². The van der Waals surface area contributed by atoms with Gasteiger partial charge in [-0.2, -0.15) is 16.9 Å². The molecule has 0 radical (unpaired) electrons. The Morgan fingerprint density at radius 2 is 2.17 bits per heavy atom. The molecular formula is C15H15N5O2S. The van der Waals surface area contributed by atoms with Crippen molar-refractivity contribution in [2.75, 3.05) is 11.6 Å². The fourth-order valence-electron chi connectivity index (χ4n) is 2.14. The molecule has 7 nitrogen and oxygen atoms in total. The molecule has 0 aliphatic rings. The van der Waals surface area contributed by atoms with Gasteiger partial charge in [0, 0.05) is 0 Å². The van der Waals surface area contributed by atoms with Gasteiger partial charge < -0.3 is 10.3 Å². The number of anilines is 1. The van der Waals surface area contributed by atoms with Crippen LogP contribution in [0.3, 0.4) is 0 Å². The predicted molar refractivity (Wildman–Crippen MR) is 91.1 cm³/mol. The van der Waals surface area contributed by atoms with Crippen molar-refractivity contribution >= 4 is 34.4 Å². The molecule has 0 spiro atoms. The zero-order chi connectivity index (χ0) is 16.4. The number of carbonyl (C=O) groups excluding carboxylic acids is 1. The Balaban J connectivity index is 2.08. The normalized spacial score (nSPS) is 12.3. The lowest BCUT2D eigenvalue weighted by Gasteiger charge is -2.13. The molecule has 2 aromatic heterocycles. The SMILES string of the molecule is CSC(C)C(=O)Nc1ccccc1-n1ncc2c(=O)[nH]cnc21. The molecule has 0 aliphatic carbocycles. The number of benzene rings is 1. The van der Waals surface area contributed by atoms with Gasteiger partial charge in [0.05, 0.1) is 29.1 Å². The van der Waals surface area contributed by atoms with Crippen molar-refractivity contribution in [2.45, 2.75) is 12.2 Å². The van der Waals surface area contributed by atoms with E-state index in [0.29, 0.717) is 22.4 Å². The van der Waals surface area contributed by atoms with E-state index in [0.717, 1.165) is 0 Å². The number of rotatable bonds is 4. The number of carbonyl (C=O) groups is 1. The van der Waals surface area contributed by atoms with Gasteiger partial charge in [-0.3, -0.25) is 9.59 Å². The highest BCUT2D eigenvalue weighted by atomic mass is 32.2. The molecule has 2 heterocycles. The van der Waals surface area contributed by atoms with Crippen molar-refractivity contribution in [3.05, 3.63) is 47.1 Å². The van der Waals surface area contributed by atoms with Crippen molar-refractivity contribution in [1.82, 2.24) is 19.7 Å². The highest BCUT2D eigenvalue weighted by Crippen LogP contribution is 2.23. The molecule has 0 saturated heterocycles. The lowest BCUT2D eigenvalue weighted by atomic mass is 10.2. The maximum absolute atomic E-state index is 12.2. The third kappa shape index (κ3) is 2.85. The average Bonchev–Trinajstić information content (AvgIpc) is 3.00. The summed E-state index contributed by atoms with van der Waals surface area (Å²) in [4.78, 5) is 30.6. The number of aromatic amines is 1. The number of nitrogens with zero attached hydrogens (tertiary/aromatic N) is 3. The van der Waals surface area contributed by atoms with Gasteiger partial charge in [0.25, 0.3) is 5.56 Å². The van der Waals surface area contributed by atoms with E-state index >= 15 is 0 Å². The van der Waals surface area contributed by atoms with Crippen LogP contribution in [-0.4, -0.2) is 37.2 Å². The number of hydrogen-bond donors (Lipinski definition) is 2. The molecular weight excluding hydrogens is 314 g/mol. The van der Waals surface area contributed by atoms with Crippen LogP contribution < -0.4 is 10.9 Å². The molecule has 3 aromatic rings. The summed E-state index contributed by atoms with van der Waals surface area (Å²) in [5.41, 5.74) is 1.46. The summed E-state index contributed by atoms with van der Waals surface area (Å²) in [5, 5.41) is 7.36. The molecule has 23 heavy (non-hydrogen) atoms. The van der Waals surface area contributed by atoms with Gasteiger partial charge in [0.2, 0.25) is 5.91 Å². The van der Waals surface area contributed by atoms with Crippen molar-refractivity contribution in [3.63, 3.8) is 0 Å². The molecule has 1 unspecified atom stereocenters. The van der Waals surface area contributed by atoms with E-state index in [1.54, 1.807) is 10.7 Å². The highest BCUT2D eigenvalue weighted by Gasteiger charge is 2.16. The Morgan fingerprint density at radius 3 is 2.96 bits per heavy atom. The number of aromatic nitrogens is 4. The summed E-state index contributed by atoms with van der Waals surface area (Å²) in [6.45, 7) is 1.84. The van der Waals surface area contributed by atoms with Gasteiger partial charge in [-0.1, -0.05) is 12.1 Å². The molecule has 1 aromatic carbocycles. The number of nitrogens with one attached hydrogen (secondary N) is 2. The van der Waals surface area contributed by atoms with Crippen molar-refractivity contribution in [2.24, 2.45) is 0 Å². The summed E-state index contributed by atoms with van der Waals surface area (Å²) < 4.78 is 1.55. The molecule has 0 fully saturated rings. The minimum atomic E-state index is -0.251. The molecule has 118 valence electrons. The maximum Gasteiger partial charge on any atom is 0.261 e. The van der Waals surface area contributed by atoms with Crippen LogP contribution in [0.4, 0.5) is 5.69 Å². The number of hydrogen-bond acceptors (Lipinski definition) is 5. The molecule has 1 atom stereocenters. The van der Waals surface area contributed by atoms with Crippen LogP contribution in [0.1, 0.15) is 6.92 Å². The number of amides is 1. The van der Waals surface area contributed by atoms with Gasteiger partial charge >= 0.3 is 0 Å². The van der Waals surface area contributed by atoms with Gasteiger partial charge in [0.15, 0.2) is 5.65 Å². The van der Waals surface area contributed by atoms with Crippen molar-refractivity contribution in [3.8, 4) is 5.69 Å². The smallest absolute Gasteiger partial charge is 0.261 e. The van der Waals surface area contributed by atoms with E-state index in [-0.39, 0.29) is 16.7 Å². The fourth-order valence-corrected chi connectivity index (χ4v) is 2.41. The van der Waals surface area contributed by atoms with Gasteiger partial charge in [-0.15, -0.1) is 0 Å². The molecule has 2 N–H and O–H groups in total. The quantitative estimate of drug-likeness (QED) is 0.761. The van der Waals surface area contributed by atoms with E-state index in [2.05, 4.69) is 20.4 Å².